The first-order valence-corrected chi connectivity index (χ1v) is 6.67. The molecule has 18 heavy (non-hydrogen) atoms. The Morgan fingerprint density at radius 1 is 1.50 bits per heavy atom. The summed E-state index contributed by atoms with van der Waals surface area (Å²) in [6, 6.07) is 0. The molecule has 0 aliphatic rings. The first-order valence-electron chi connectivity index (χ1n) is 5.86. The number of hydrogen-bond donors (Lipinski definition) is 1. The highest BCUT2D eigenvalue weighted by Gasteiger charge is 2.18. The molecule has 1 aromatic rings. The summed E-state index contributed by atoms with van der Waals surface area (Å²) in [5.41, 5.74) is 0.574. The number of amides is 1. The molecule has 1 heterocycles. The quantitative estimate of drug-likeness (QED) is 0.835. The van der Waals surface area contributed by atoms with Crippen molar-refractivity contribution in [2.75, 3.05) is 12.4 Å². The van der Waals surface area contributed by atoms with E-state index in [1.54, 1.807) is 6.92 Å². The Hall–Kier alpha value is -1.43. The fraction of sp³-hybridized carbons (Fsp3) is 0.583. The average Bonchev–Trinajstić information content (AvgIpc) is 2.69. The third kappa shape index (κ3) is 3.53. The van der Waals surface area contributed by atoms with Crippen molar-refractivity contribution in [3.05, 3.63) is 10.6 Å². The Bertz CT molecular complexity index is 443. The normalized spacial score (nSPS) is 12.0. The van der Waals surface area contributed by atoms with Crippen LogP contribution in [0.3, 0.4) is 0 Å². The van der Waals surface area contributed by atoms with Crippen LogP contribution in [0.2, 0.25) is 0 Å². The standard InChI is InChI=1S/C12H18N2O3S/c1-5-6-7(2)10(15)14-12-13-8(3)9(18-12)11(16)17-4/h7H,5-6H2,1-4H3,(H,13,14,15). The number of nitrogens with one attached hydrogen (secondary N) is 1. The first-order chi connectivity index (χ1) is 8.49. The lowest BCUT2D eigenvalue weighted by atomic mass is 10.1. The molecule has 1 aromatic heterocycles. The SMILES string of the molecule is CCCC(C)C(=O)Nc1nc(C)c(C(=O)OC)s1. The maximum Gasteiger partial charge on any atom is 0.350 e. The van der Waals surface area contributed by atoms with E-state index in [1.165, 1.54) is 7.11 Å². The summed E-state index contributed by atoms with van der Waals surface area (Å²) in [4.78, 5) is 27.8. The third-order valence-corrected chi connectivity index (χ3v) is 3.62. The van der Waals surface area contributed by atoms with Crippen LogP contribution < -0.4 is 5.32 Å². The van der Waals surface area contributed by atoms with Crippen molar-refractivity contribution in [2.24, 2.45) is 5.92 Å². The molecule has 0 saturated carbocycles. The molecule has 5 nitrogen and oxygen atoms in total. The van der Waals surface area contributed by atoms with Crippen molar-refractivity contribution in [3.63, 3.8) is 0 Å². The molecular formula is C12H18N2O3S. The number of hydrogen-bond acceptors (Lipinski definition) is 5. The van der Waals surface area contributed by atoms with E-state index in [-0.39, 0.29) is 11.8 Å². The van der Waals surface area contributed by atoms with Crippen LogP contribution in [0.5, 0.6) is 0 Å². The molecule has 100 valence electrons. The Morgan fingerprint density at radius 3 is 2.72 bits per heavy atom. The van der Waals surface area contributed by atoms with Gasteiger partial charge in [0.2, 0.25) is 5.91 Å². The summed E-state index contributed by atoms with van der Waals surface area (Å²) < 4.78 is 4.64. The molecule has 0 saturated heterocycles. The van der Waals surface area contributed by atoms with Crippen LogP contribution in [-0.4, -0.2) is 24.0 Å². The van der Waals surface area contributed by atoms with Crippen molar-refractivity contribution < 1.29 is 14.3 Å². The molecule has 0 fully saturated rings. The number of nitrogens with zero attached hydrogens (tertiary/aromatic N) is 1. The van der Waals surface area contributed by atoms with Crippen molar-refractivity contribution >= 4 is 28.3 Å². The third-order valence-electron chi connectivity index (χ3n) is 2.57. The minimum atomic E-state index is -0.424. The van der Waals surface area contributed by atoms with Gasteiger partial charge in [0.1, 0.15) is 4.88 Å². The zero-order valence-corrected chi connectivity index (χ0v) is 11.9. The number of thiazole rings is 1. The van der Waals surface area contributed by atoms with Crippen LogP contribution in [0, 0.1) is 12.8 Å². The summed E-state index contributed by atoms with van der Waals surface area (Å²) in [7, 11) is 1.32. The van der Waals surface area contributed by atoms with Crippen molar-refractivity contribution in [1.82, 2.24) is 4.98 Å². The van der Waals surface area contributed by atoms with E-state index in [0.29, 0.717) is 15.7 Å². The monoisotopic (exact) mass is 270 g/mol. The molecule has 1 amide bonds. The summed E-state index contributed by atoms with van der Waals surface area (Å²) in [5, 5.41) is 3.17. The second-order valence-electron chi connectivity index (χ2n) is 4.10. The highest BCUT2D eigenvalue weighted by atomic mass is 32.1. The van der Waals surface area contributed by atoms with Crippen LogP contribution in [0.4, 0.5) is 5.13 Å². The van der Waals surface area contributed by atoms with E-state index < -0.39 is 5.97 Å². The molecule has 0 bridgehead atoms. The highest BCUT2D eigenvalue weighted by molar-refractivity contribution is 7.17. The molecule has 1 rings (SSSR count). The lowest BCUT2D eigenvalue weighted by molar-refractivity contribution is -0.119. The number of anilines is 1. The van der Waals surface area contributed by atoms with E-state index in [2.05, 4.69) is 15.0 Å². The van der Waals surface area contributed by atoms with Crippen LogP contribution in [0.1, 0.15) is 42.1 Å². The van der Waals surface area contributed by atoms with E-state index in [0.717, 1.165) is 24.2 Å². The van der Waals surface area contributed by atoms with Gasteiger partial charge in [0.15, 0.2) is 5.13 Å². The number of esters is 1. The Labute approximate surface area is 111 Å². The van der Waals surface area contributed by atoms with Gasteiger partial charge in [-0.25, -0.2) is 9.78 Å². The smallest absolute Gasteiger partial charge is 0.350 e. The van der Waals surface area contributed by atoms with Gasteiger partial charge >= 0.3 is 5.97 Å². The number of carbonyl (C=O) groups excluding carboxylic acids is 2. The molecule has 6 heteroatoms. The van der Waals surface area contributed by atoms with Crippen molar-refractivity contribution in [1.29, 1.82) is 0 Å². The zero-order valence-electron chi connectivity index (χ0n) is 11.1. The van der Waals surface area contributed by atoms with Crippen molar-refractivity contribution in [2.45, 2.75) is 33.6 Å². The van der Waals surface area contributed by atoms with E-state index in [1.807, 2.05) is 13.8 Å². The number of ether oxygens (including phenoxy) is 1. The van der Waals surface area contributed by atoms with Crippen molar-refractivity contribution in [3.8, 4) is 0 Å². The van der Waals surface area contributed by atoms with Gasteiger partial charge in [-0.15, -0.1) is 0 Å². The van der Waals surface area contributed by atoms with Gasteiger partial charge in [-0.05, 0) is 13.3 Å². The number of aryl methyl sites for hydroxylation is 1. The van der Waals surface area contributed by atoms with Crippen LogP contribution in [-0.2, 0) is 9.53 Å². The summed E-state index contributed by atoms with van der Waals surface area (Å²) in [6.45, 7) is 5.63. The zero-order chi connectivity index (χ0) is 13.7. The minimum absolute atomic E-state index is 0.0548. The van der Waals surface area contributed by atoms with Crippen LogP contribution >= 0.6 is 11.3 Å². The molecular weight excluding hydrogens is 252 g/mol. The lowest BCUT2D eigenvalue weighted by Crippen LogP contribution is -2.20. The molecule has 0 aromatic carbocycles. The second-order valence-corrected chi connectivity index (χ2v) is 5.10. The van der Waals surface area contributed by atoms with Gasteiger partial charge < -0.3 is 10.1 Å². The van der Waals surface area contributed by atoms with E-state index in [9.17, 15) is 9.59 Å². The number of rotatable bonds is 5. The van der Waals surface area contributed by atoms with Gasteiger partial charge in [-0.2, -0.15) is 0 Å². The second kappa shape index (κ2) is 6.49. The highest BCUT2D eigenvalue weighted by Crippen LogP contribution is 2.24. The molecule has 0 spiro atoms. The minimum Gasteiger partial charge on any atom is -0.465 e. The average molecular weight is 270 g/mol. The van der Waals surface area contributed by atoms with Gasteiger partial charge in [-0.3, -0.25) is 4.79 Å². The first kappa shape index (κ1) is 14.6. The number of aromatic nitrogens is 1. The van der Waals surface area contributed by atoms with E-state index in [4.69, 9.17) is 0 Å². The Kier molecular flexibility index (Phi) is 5.27. The lowest BCUT2D eigenvalue weighted by Gasteiger charge is -2.08. The molecule has 0 aliphatic heterocycles. The number of methoxy groups -OCH3 is 1. The maximum absolute atomic E-state index is 11.8. The Balaban J connectivity index is 2.74. The van der Waals surface area contributed by atoms with Gasteiger partial charge in [0.25, 0.3) is 0 Å². The van der Waals surface area contributed by atoms with Crippen LogP contribution in [0.25, 0.3) is 0 Å². The molecule has 1 atom stereocenters. The fourth-order valence-electron chi connectivity index (χ4n) is 1.52. The summed E-state index contributed by atoms with van der Waals surface area (Å²) in [6.07, 6.45) is 1.79. The maximum atomic E-state index is 11.8. The Morgan fingerprint density at radius 2 is 2.17 bits per heavy atom. The summed E-state index contributed by atoms with van der Waals surface area (Å²) >= 11 is 1.14. The van der Waals surface area contributed by atoms with E-state index >= 15 is 0 Å². The van der Waals surface area contributed by atoms with Gasteiger partial charge in [0.05, 0.1) is 12.8 Å². The molecule has 1 N–H and O–H groups in total. The van der Waals surface area contributed by atoms with Crippen LogP contribution in [0.15, 0.2) is 0 Å². The summed E-state index contributed by atoms with van der Waals surface area (Å²) in [5.74, 6) is -0.546. The van der Waals surface area contributed by atoms with Gasteiger partial charge in [0, 0.05) is 5.92 Å². The molecule has 1 unspecified atom stereocenters. The predicted octanol–water partition coefficient (Wildman–Crippen LogP) is 2.61. The predicted molar refractivity (Wildman–Crippen MR) is 70.9 cm³/mol. The largest absolute Gasteiger partial charge is 0.465 e. The molecule has 0 aliphatic carbocycles. The van der Waals surface area contributed by atoms with Gasteiger partial charge in [-0.1, -0.05) is 31.6 Å². The number of carbonyl (C=O) groups is 2. The fourth-order valence-corrected chi connectivity index (χ4v) is 2.41. The molecule has 0 radical (unpaired) electrons. The topological polar surface area (TPSA) is 68.3 Å².